The van der Waals surface area contributed by atoms with Gasteiger partial charge in [0.2, 0.25) is 5.91 Å². The molecule has 1 aromatic rings. The number of carbonyl (C=O) groups is 2. The first-order chi connectivity index (χ1) is 11.0. The zero-order chi connectivity index (χ0) is 16.8. The molecule has 1 heterocycles. The molecule has 6 nitrogen and oxygen atoms in total. The predicted molar refractivity (Wildman–Crippen MR) is 85.8 cm³/mol. The van der Waals surface area contributed by atoms with Crippen LogP contribution in [0.5, 0.6) is 0 Å². The van der Waals surface area contributed by atoms with Crippen molar-refractivity contribution in [3.8, 4) is 0 Å². The monoisotopic (exact) mass is 320 g/mol. The van der Waals surface area contributed by atoms with Crippen molar-refractivity contribution >= 4 is 12.0 Å². The van der Waals surface area contributed by atoms with Crippen molar-refractivity contribution in [2.24, 2.45) is 0 Å². The molecule has 0 radical (unpaired) electrons. The zero-order valence-electron chi connectivity index (χ0n) is 13.8. The lowest BCUT2D eigenvalue weighted by molar-refractivity contribution is -0.144. The highest BCUT2D eigenvalue weighted by atomic mass is 16.5. The molecule has 3 atom stereocenters. The number of amides is 2. The Labute approximate surface area is 136 Å². The van der Waals surface area contributed by atoms with Crippen molar-refractivity contribution < 1.29 is 19.1 Å². The van der Waals surface area contributed by atoms with Gasteiger partial charge in [-0.2, -0.15) is 0 Å². The number of ether oxygens (including phenoxy) is 2. The molecule has 1 fully saturated rings. The molecule has 0 bridgehead atoms. The molecule has 0 aliphatic carbocycles. The Bertz CT molecular complexity index is 525. The highest BCUT2D eigenvalue weighted by Crippen LogP contribution is 2.12. The van der Waals surface area contributed by atoms with Gasteiger partial charge in [-0.25, -0.2) is 4.79 Å². The van der Waals surface area contributed by atoms with E-state index in [1.54, 1.807) is 11.8 Å². The van der Waals surface area contributed by atoms with E-state index in [4.69, 9.17) is 9.47 Å². The molecular formula is C17H24N2O4. The second kappa shape index (κ2) is 7.97. The van der Waals surface area contributed by atoms with Crippen molar-refractivity contribution in [1.82, 2.24) is 10.2 Å². The Kier molecular flexibility index (Phi) is 5.98. The summed E-state index contributed by atoms with van der Waals surface area (Å²) in [5.74, 6) is -0.122. The van der Waals surface area contributed by atoms with E-state index in [1.165, 1.54) is 0 Å². The van der Waals surface area contributed by atoms with Gasteiger partial charge in [0, 0.05) is 13.1 Å². The van der Waals surface area contributed by atoms with E-state index in [0.717, 1.165) is 5.56 Å². The lowest BCUT2D eigenvalue weighted by Gasteiger charge is -2.36. The molecule has 2 amide bonds. The van der Waals surface area contributed by atoms with Crippen LogP contribution in [-0.2, 0) is 20.9 Å². The molecule has 2 rings (SSSR count). The first-order valence-corrected chi connectivity index (χ1v) is 7.87. The van der Waals surface area contributed by atoms with E-state index in [-0.39, 0.29) is 24.7 Å². The third kappa shape index (κ3) is 5.25. The summed E-state index contributed by atoms with van der Waals surface area (Å²) in [6.45, 7) is 6.78. The molecule has 0 spiro atoms. The van der Waals surface area contributed by atoms with Gasteiger partial charge in [0.05, 0.1) is 12.2 Å². The van der Waals surface area contributed by atoms with Gasteiger partial charge in [0.15, 0.2) is 0 Å². The summed E-state index contributed by atoms with van der Waals surface area (Å²) in [6.07, 6.45) is -0.594. The van der Waals surface area contributed by atoms with E-state index >= 15 is 0 Å². The van der Waals surface area contributed by atoms with Crippen LogP contribution in [0.25, 0.3) is 0 Å². The molecular weight excluding hydrogens is 296 g/mol. The number of hydrogen-bond donors (Lipinski definition) is 1. The molecule has 6 heteroatoms. The Morgan fingerprint density at radius 1 is 1.26 bits per heavy atom. The van der Waals surface area contributed by atoms with Crippen LogP contribution in [0.4, 0.5) is 4.79 Å². The second-order valence-corrected chi connectivity index (χ2v) is 5.93. The maximum Gasteiger partial charge on any atom is 0.408 e. The van der Waals surface area contributed by atoms with Crippen molar-refractivity contribution in [3.63, 3.8) is 0 Å². The van der Waals surface area contributed by atoms with Gasteiger partial charge in [-0.15, -0.1) is 0 Å². The first-order valence-electron chi connectivity index (χ1n) is 7.87. The maximum absolute atomic E-state index is 12.4. The highest BCUT2D eigenvalue weighted by molar-refractivity contribution is 5.85. The number of morpholine rings is 1. The average Bonchev–Trinajstić information content (AvgIpc) is 2.52. The second-order valence-electron chi connectivity index (χ2n) is 5.93. The van der Waals surface area contributed by atoms with Crippen LogP contribution in [0.3, 0.4) is 0 Å². The summed E-state index contributed by atoms with van der Waals surface area (Å²) < 4.78 is 10.7. The van der Waals surface area contributed by atoms with E-state index in [0.29, 0.717) is 13.1 Å². The largest absolute Gasteiger partial charge is 0.445 e. The van der Waals surface area contributed by atoms with Gasteiger partial charge in [-0.05, 0) is 26.3 Å². The zero-order valence-corrected chi connectivity index (χ0v) is 13.8. The maximum atomic E-state index is 12.4. The standard InChI is InChI=1S/C17H24N2O4/c1-12-9-19(10-13(2)23-12)16(20)14(3)18-17(21)22-11-15-7-5-4-6-8-15/h4-8,12-14H,9-11H2,1-3H3,(H,18,21)/t12?,13?,14-/m0/s1. The molecule has 2 unspecified atom stereocenters. The number of alkyl carbamates (subject to hydrolysis) is 1. The molecule has 1 aliphatic rings. The van der Waals surface area contributed by atoms with Crippen molar-refractivity contribution in [2.75, 3.05) is 13.1 Å². The van der Waals surface area contributed by atoms with Gasteiger partial charge in [-0.1, -0.05) is 30.3 Å². The Morgan fingerprint density at radius 2 is 1.87 bits per heavy atom. The van der Waals surface area contributed by atoms with Gasteiger partial charge in [0.1, 0.15) is 12.6 Å². The van der Waals surface area contributed by atoms with E-state index in [9.17, 15) is 9.59 Å². The molecule has 126 valence electrons. The smallest absolute Gasteiger partial charge is 0.408 e. The molecule has 0 aromatic heterocycles. The predicted octanol–water partition coefficient (Wildman–Crippen LogP) is 1.94. The van der Waals surface area contributed by atoms with Crippen LogP contribution in [0.15, 0.2) is 30.3 Å². The van der Waals surface area contributed by atoms with Gasteiger partial charge in [0.25, 0.3) is 0 Å². The normalized spacial score (nSPS) is 22.3. The fourth-order valence-electron chi connectivity index (χ4n) is 2.63. The molecule has 1 aliphatic heterocycles. The summed E-state index contributed by atoms with van der Waals surface area (Å²) >= 11 is 0. The van der Waals surface area contributed by atoms with E-state index in [1.807, 2.05) is 44.2 Å². The molecule has 0 saturated carbocycles. The fraction of sp³-hybridized carbons (Fsp3) is 0.529. The summed E-state index contributed by atoms with van der Waals surface area (Å²) in [6, 6.07) is 8.77. The summed E-state index contributed by atoms with van der Waals surface area (Å²) in [7, 11) is 0. The van der Waals surface area contributed by atoms with Gasteiger partial charge >= 0.3 is 6.09 Å². The molecule has 1 aromatic carbocycles. The van der Waals surface area contributed by atoms with Crippen LogP contribution in [0, 0.1) is 0 Å². The molecule has 23 heavy (non-hydrogen) atoms. The number of benzene rings is 1. The third-order valence-corrected chi connectivity index (χ3v) is 3.65. The highest BCUT2D eigenvalue weighted by Gasteiger charge is 2.29. The van der Waals surface area contributed by atoms with Crippen LogP contribution in [0.2, 0.25) is 0 Å². The number of hydrogen-bond acceptors (Lipinski definition) is 4. The minimum atomic E-state index is -0.629. The van der Waals surface area contributed by atoms with Crippen LogP contribution in [-0.4, -0.2) is 48.2 Å². The number of rotatable bonds is 4. The summed E-state index contributed by atoms with van der Waals surface area (Å²) in [5, 5.41) is 2.58. The Balaban J connectivity index is 1.79. The molecule has 1 N–H and O–H groups in total. The Hall–Kier alpha value is -2.08. The van der Waals surface area contributed by atoms with Crippen LogP contribution in [0.1, 0.15) is 26.3 Å². The van der Waals surface area contributed by atoms with E-state index in [2.05, 4.69) is 5.32 Å². The Morgan fingerprint density at radius 3 is 2.48 bits per heavy atom. The first kappa shape index (κ1) is 17.3. The van der Waals surface area contributed by atoms with E-state index < -0.39 is 12.1 Å². The van der Waals surface area contributed by atoms with Crippen molar-refractivity contribution in [2.45, 2.75) is 45.6 Å². The van der Waals surface area contributed by atoms with Crippen molar-refractivity contribution in [1.29, 1.82) is 0 Å². The fourth-order valence-corrected chi connectivity index (χ4v) is 2.63. The average molecular weight is 320 g/mol. The summed E-state index contributed by atoms with van der Waals surface area (Å²) in [4.78, 5) is 25.9. The molecule has 1 saturated heterocycles. The van der Waals surface area contributed by atoms with Crippen LogP contribution >= 0.6 is 0 Å². The van der Waals surface area contributed by atoms with Crippen LogP contribution < -0.4 is 5.32 Å². The lowest BCUT2D eigenvalue weighted by Crippen LogP contribution is -2.54. The minimum absolute atomic E-state index is 0.0000628. The number of carbonyl (C=O) groups excluding carboxylic acids is 2. The third-order valence-electron chi connectivity index (χ3n) is 3.65. The topological polar surface area (TPSA) is 67.9 Å². The van der Waals surface area contributed by atoms with Gasteiger partial charge < -0.3 is 19.7 Å². The number of nitrogens with zero attached hydrogens (tertiary/aromatic N) is 1. The van der Waals surface area contributed by atoms with Gasteiger partial charge in [-0.3, -0.25) is 4.79 Å². The lowest BCUT2D eigenvalue weighted by atomic mass is 10.2. The van der Waals surface area contributed by atoms with Crippen molar-refractivity contribution in [3.05, 3.63) is 35.9 Å². The SMILES string of the molecule is CC1CN(C(=O)[C@H](C)NC(=O)OCc2ccccc2)CC(C)O1. The number of nitrogens with one attached hydrogen (secondary N) is 1. The summed E-state index contributed by atoms with van der Waals surface area (Å²) in [5.41, 5.74) is 0.900. The quantitative estimate of drug-likeness (QED) is 0.920. The minimum Gasteiger partial charge on any atom is -0.445 e.